The van der Waals surface area contributed by atoms with Crippen LogP contribution >= 0.6 is 0 Å². The van der Waals surface area contributed by atoms with Gasteiger partial charge >= 0.3 is 12.2 Å². The van der Waals surface area contributed by atoms with Crippen LogP contribution in [-0.2, 0) is 25.5 Å². The molecule has 2 amide bonds. The Morgan fingerprint density at radius 2 is 1.88 bits per heavy atom. The first kappa shape index (κ1) is 24.1. The van der Waals surface area contributed by atoms with Crippen molar-refractivity contribution >= 4 is 18.1 Å². The molecular weight excluding hydrogens is 432 g/mol. The van der Waals surface area contributed by atoms with Crippen molar-refractivity contribution in [3.63, 3.8) is 0 Å². The third kappa shape index (κ3) is 5.80. The Balaban J connectivity index is 1.87. The zero-order valence-corrected chi connectivity index (χ0v) is 19.1. The molecule has 0 bridgehead atoms. The average Bonchev–Trinajstić information content (AvgIpc) is 3.37. The quantitative estimate of drug-likeness (QED) is 0.596. The summed E-state index contributed by atoms with van der Waals surface area (Å²) >= 11 is 0. The molecule has 3 rings (SSSR count). The van der Waals surface area contributed by atoms with Crippen molar-refractivity contribution in [3.05, 3.63) is 52.9 Å². The van der Waals surface area contributed by atoms with Crippen LogP contribution in [0.4, 0.5) is 9.59 Å². The van der Waals surface area contributed by atoms with E-state index in [0.717, 1.165) is 10.6 Å². The maximum absolute atomic E-state index is 12.4. The number of amides is 2. The van der Waals surface area contributed by atoms with E-state index in [0.29, 0.717) is 23.8 Å². The monoisotopic (exact) mass is 460 g/mol. The average molecular weight is 460 g/mol. The number of benzene rings is 1. The summed E-state index contributed by atoms with van der Waals surface area (Å²) in [5, 5.41) is 4.96. The molecule has 0 unspecified atom stereocenters. The van der Waals surface area contributed by atoms with Gasteiger partial charge in [0.25, 0.3) is 0 Å². The van der Waals surface area contributed by atoms with E-state index in [-0.39, 0.29) is 37.7 Å². The van der Waals surface area contributed by atoms with Gasteiger partial charge in [-0.05, 0) is 26.3 Å². The normalized spacial score (nSPS) is 17.2. The Kier molecular flexibility index (Phi) is 8.25. The number of hydrogen-bond donors (Lipinski definition) is 1. The van der Waals surface area contributed by atoms with E-state index in [1.807, 2.05) is 30.3 Å². The van der Waals surface area contributed by atoms with Gasteiger partial charge in [0.05, 0.1) is 25.5 Å². The fourth-order valence-electron chi connectivity index (χ4n) is 3.37. The van der Waals surface area contributed by atoms with Crippen LogP contribution in [0.25, 0.3) is 0 Å². The number of aryl methyl sites for hydroxylation is 1. The van der Waals surface area contributed by atoms with Gasteiger partial charge in [0.15, 0.2) is 11.9 Å². The van der Waals surface area contributed by atoms with Crippen molar-refractivity contribution in [1.29, 1.82) is 0 Å². The van der Waals surface area contributed by atoms with Gasteiger partial charge in [0.2, 0.25) is 5.90 Å². The molecule has 1 N–H and O–H groups in total. The van der Waals surface area contributed by atoms with Gasteiger partial charge in [-0.15, -0.1) is 0 Å². The summed E-state index contributed by atoms with van der Waals surface area (Å²) in [5.41, 5.74) is 4.32. The first-order chi connectivity index (χ1) is 16.0. The Bertz CT molecular complexity index is 976. The standard InChI is InChI=1S/C22H28N4O7/c1-5-30-21(27)24-26(22(28)31-6-2)12-17-18(14(3)25-33-17)20-23-16(13-29-4)19(32-20)15-10-8-7-9-11-15/h7-11,16,19H,5-6,12-13H2,1-4H3,(H,24,27)/t16-,19-/m0/s1. The summed E-state index contributed by atoms with van der Waals surface area (Å²) in [7, 11) is 1.60. The van der Waals surface area contributed by atoms with Crippen LogP contribution < -0.4 is 5.43 Å². The molecule has 2 aromatic rings. The number of aliphatic imine (C=N–C) groups is 1. The van der Waals surface area contributed by atoms with Gasteiger partial charge in [-0.2, -0.15) is 0 Å². The van der Waals surface area contributed by atoms with Crippen molar-refractivity contribution in [2.24, 2.45) is 4.99 Å². The smallest absolute Gasteiger partial charge is 0.429 e. The fourth-order valence-corrected chi connectivity index (χ4v) is 3.37. The SMILES string of the molecule is CCOC(=O)NN(Cc1onc(C)c1C1=N[C@@H](COC)[C@H](c2ccccc2)O1)C(=O)OCC. The summed E-state index contributed by atoms with van der Waals surface area (Å²) in [6.45, 7) is 5.48. The van der Waals surface area contributed by atoms with E-state index in [1.165, 1.54) is 0 Å². The maximum atomic E-state index is 12.4. The molecule has 0 saturated heterocycles. The van der Waals surface area contributed by atoms with E-state index in [1.54, 1.807) is 27.9 Å². The van der Waals surface area contributed by atoms with Gasteiger partial charge in [0.1, 0.15) is 18.2 Å². The Morgan fingerprint density at radius 1 is 1.15 bits per heavy atom. The number of carbonyl (C=O) groups is 2. The van der Waals surface area contributed by atoms with Gasteiger partial charge in [-0.1, -0.05) is 35.5 Å². The van der Waals surface area contributed by atoms with Crippen molar-refractivity contribution in [1.82, 2.24) is 15.6 Å². The Hall–Kier alpha value is -3.60. The van der Waals surface area contributed by atoms with Crippen molar-refractivity contribution in [2.45, 2.75) is 39.5 Å². The molecule has 33 heavy (non-hydrogen) atoms. The van der Waals surface area contributed by atoms with Gasteiger partial charge < -0.3 is 23.5 Å². The number of rotatable bonds is 8. The molecule has 0 aliphatic carbocycles. The van der Waals surface area contributed by atoms with Gasteiger partial charge in [-0.25, -0.2) is 25.0 Å². The topological polar surface area (TPSA) is 125 Å². The second kappa shape index (κ2) is 11.3. The third-order valence-electron chi connectivity index (χ3n) is 4.78. The maximum Gasteiger partial charge on any atom is 0.429 e. The number of nitrogens with one attached hydrogen (secondary N) is 1. The summed E-state index contributed by atoms with van der Waals surface area (Å²) < 4.78 is 26.9. The first-order valence-corrected chi connectivity index (χ1v) is 10.6. The molecular formula is C22H28N4O7. The molecule has 1 aliphatic heterocycles. The third-order valence-corrected chi connectivity index (χ3v) is 4.78. The summed E-state index contributed by atoms with van der Waals surface area (Å²) in [4.78, 5) is 29.0. The number of hydrogen-bond acceptors (Lipinski definition) is 9. The van der Waals surface area contributed by atoms with Crippen molar-refractivity contribution < 1.29 is 33.1 Å². The largest absolute Gasteiger partial charge is 0.467 e. The van der Waals surface area contributed by atoms with Crippen molar-refractivity contribution in [2.75, 3.05) is 26.9 Å². The van der Waals surface area contributed by atoms with Crippen LogP contribution in [0.15, 0.2) is 39.8 Å². The van der Waals surface area contributed by atoms with Crippen LogP contribution in [0.1, 0.15) is 42.5 Å². The molecule has 0 spiro atoms. The molecule has 2 heterocycles. The Labute approximate surface area is 191 Å². The van der Waals surface area contributed by atoms with E-state index in [9.17, 15) is 9.59 Å². The lowest BCUT2D eigenvalue weighted by Crippen LogP contribution is -2.46. The van der Waals surface area contributed by atoms with Crippen LogP contribution in [-0.4, -0.2) is 61.2 Å². The van der Waals surface area contributed by atoms with E-state index in [2.05, 4.69) is 10.6 Å². The highest BCUT2D eigenvalue weighted by Crippen LogP contribution is 2.33. The highest BCUT2D eigenvalue weighted by molar-refractivity contribution is 5.97. The lowest BCUT2D eigenvalue weighted by Gasteiger charge is -2.21. The first-order valence-electron chi connectivity index (χ1n) is 10.6. The number of aromatic nitrogens is 1. The zero-order chi connectivity index (χ0) is 23.8. The number of hydrazine groups is 1. The Morgan fingerprint density at radius 3 is 2.55 bits per heavy atom. The molecule has 1 aliphatic rings. The molecule has 178 valence electrons. The molecule has 1 aromatic carbocycles. The molecule has 2 atom stereocenters. The summed E-state index contributed by atoms with van der Waals surface area (Å²) in [5.74, 6) is 0.584. The van der Waals surface area contributed by atoms with Crippen LogP contribution in [0, 0.1) is 6.92 Å². The zero-order valence-electron chi connectivity index (χ0n) is 19.1. The molecule has 11 heteroatoms. The minimum Gasteiger partial charge on any atom is -0.467 e. The number of ether oxygens (including phenoxy) is 4. The lowest BCUT2D eigenvalue weighted by molar-refractivity contribution is 0.0673. The van der Waals surface area contributed by atoms with E-state index < -0.39 is 12.2 Å². The minimum atomic E-state index is -0.804. The molecule has 0 radical (unpaired) electrons. The summed E-state index contributed by atoms with van der Waals surface area (Å²) in [6, 6.07) is 9.41. The predicted octanol–water partition coefficient (Wildman–Crippen LogP) is 3.14. The fraction of sp³-hybridized carbons (Fsp3) is 0.455. The van der Waals surface area contributed by atoms with Crippen LogP contribution in [0.3, 0.4) is 0 Å². The highest BCUT2D eigenvalue weighted by atomic mass is 16.6. The molecule has 1 aromatic heterocycles. The van der Waals surface area contributed by atoms with Crippen LogP contribution in [0.5, 0.6) is 0 Å². The molecule has 11 nitrogen and oxygen atoms in total. The summed E-state index contributed by atoms with van der Waals surface area (Å²) in [6.07, 6.45) is -1.94. The molecule has 0 fully saturated rings. The minimum absolute atomic E-state index is 0.120. The van der Waals surface area contributed by atoms with Crippen molar-refractivity contribution in [3.8, 4) is 0 Å². The number of methoxy groups -OCH3 is 1. The van der Waals surface area contributed by atoms with Gasteiger partial charge in [0, 0.05) is 7.11 Å². The lowest BCUT2D eigenvalue weighted by atomic mass is 10.0. The highest BCUT2D eigenvalue weighted by Gasteiger charge is 2.36. The predicted molar refractivity (Wildman–Crippen MR) is 116 cm³/mol. The number of carbonyl (C=O) groups excluding carboxylic acids is 2. The van der Waals surface area contributed by atoms with E-state index >= 15 is 0 Å². The second-order valence-electron chi connectivity index (χ2n) is 7.09. The van der Waals surface area contributed by atoms with E-state index in [4.69, 9.17) is 28.5 Å². The van der Waals surface area contributed by atoms with Gasteiger partial charge in [-0.3, -0.25) is 0 Å². The molecule has 0 saturated carbocycles. The van der Waals surface area contributed by atoms with Crippen LogP contribution in [0.2, 0.25) is 0 Å². The number of nitrogens with zero attached hydrogens (tertiary/aromatic N) is 3. The second-order valence-corrected chi connectivity index (χ2v) is 7.09.